The van der Waals surface area contributed by atoms with Crippen molar-refractivity contribution in [3.8, 4) is 11.5 Å². The average Bonchev–Trinajstić information content (AvgIpc) is 2.59. The van der Waals surface area contributed by atoms with Crippen LogP contribution in [0.15, 0.2) is 92.4 Å². The summed E-state index contributed by atoms with van der Waals surface area (Å²) in [4.78, 5) is 4.80. The van der Waals surface area contributed by atoms with Crippen LogP contribution < -0.4 is 4.74 Å². The minimum atomic E-state index is 0.909. The first-order valence-electron chi connectivity index (χ1n) is 6.71. The first-order valence-corrected chi connectivity index (χ1v) is 8.34. The molecule has 0 saturated carbocycles. The van der Waals surface area contributed by atoms with Gasteiger partial charge >= 0.3 is 0 Å². The molecule has 3 aromatic rings. The third-order valence-electron chi connectivity index (χ3n) is 3.21. The van der Waals surface area contributed by atoms with Crippen molar-refractivity contribution in [2.45, 2.75) is 19.6 Å². The number of benzene rings is 3. The van der Waals surface area contributed by atoms with Crippen molar-refractivity contribution in [1.29, 1.82) is 0 Å². The van der Waals surface area contributed by atoms with E-state index in [-0.39, 0.29) is 0 Å². The Balaban J connectivity index is 1.94. The molecule has 0 radical (unpaired) electrons. The van der Waals surface area contributed by atoms with Gasteiger partial charge in [-0.05, 0) is 36.4 Å². The number of hydrogen-bond acceptors (Lipinski definition) is 3. The van der Waals surface area contributed by atoms with E-state index < -0.39 is 0 Å². The van der Waals surface area contributed by atoms with E-state index in [2.05, 4.69) is 48.5 Å². The van der Waals surface area contributed by atoms with Gasteiger partial charge in [-0.15, -0.1) is 0 Å². The molecule has 0 bridgehead atoms. The van der Waals surface area contributed by atoms with Crippen LogP contribution in [0, 0.1) is 0 Å². The Hall–Kier alpha value is -1.84. The number of fused-ring (bicyclic) bond motifs is 3. The van der Waals surface area contributed by atoms with Crippen molar-refractivity contribution in [1.82, 2.24) is 0 Å². The molecular weight excluding hydrogens is 296 g/mol. The molecule has 3 heteroatoms. The summed E-state index contributed by atoms with van der Waals surface area (Å²) in [6, 6.07) is 24.9. The van der Waals surface area contributed by atoms with E-state index in [1.165, 1.54) is 9.79 Å². The van der Waals surface area contributed by atoms with E-state index in [0.717, 1.165) is 21.3 Å². The van der Waals surface area contributed by atoms with Gasteiger partial charge in [0.15, 0.2) is 0 Å². The predicted molar refractivity (Wildman–Crippen MR) is 87.6 cm³/mol. The van der Waals surface area contributed by atoms with Gasteiger partial charge in [0.1, 0.15) is 11.5 Å². The van der Waals surface area contributed by atoms with Gasteiger partial charge in [-0.25, -0.2) is 0 Å². The highest BCUT2D eigenvalue weighted by atomic mass is 32.2. The molecule has 1 nitrogen and oxygen atoms in total. The third-order valence-corrected chi connectivity index (χ3v) is 5.60. The van der Waals surface area contributed by atoms with E-state index in [1.54, 1.807) is 23.5 Å². The molecular formula is C18H12OS2. The van der Waals surface area contributed by atoms with E-state index >= 15 is 0 Å². The molecule has 0 aliphatic carbocycles. The second-order valence-corrected chi connectivity index (χ2v) is 6.81. The molecule has 0 saturated heterocycles. The van der Waals surface area contributed by atoms with Gasteiger partial charge in [-0.1, -0.05) is 59.9 Å². The lowest BCUT2D eigenvalue weighted by Crippen LogP contribution is -1.87. The molecule has 3 aromatic carbocycles. The van der Waals surface area contributed by atoms with E-state index in [4.69, 9.17) is 4.74 Å². The summed E-state index contributed by atoms with van der Waals surface area (Å²) < 4.78 is 6.15. The lowest BCUT2D eigenvalue weighted by Gasteiger charge is -2.10. The molecule has 0 N–H and O–H groups in total. The van der Waals surface area contributed by atoms with Gasteiger partial charge in [-0.2, -0.15) is 0 Å². The first kappa shape index (κ1) is 12.9. The molecule has 0 atom stereocenters. The minimum absolute atomic E-state index is 0.909. The fraction of sp³-hybridized carbons (Fsp3) is 0. The summed E-state index contributed by atoms with van der Waals surface area (Å²) >= 11 is 3.51. The van der Waals surface area contributed by atoms with Crippen LogP contribution in [0.5, 0.6) is 11.5 Å². The molecule has 4 rings (SSSR count). The zero-order valence-corrected chi connectivity index (χ0v) is 12.8. The Labute approximate surface area is 132 Å². The van der Waals surface area contributed by atoms with Crippen LogP contribution in [0.4, 0.5) is 0 Å². The maximum atomic E-state index is 6.15. The minimum Gasteiger partial charge on any atom is -0.455 e. The van der Waals surface area contributed by atoms with Crippen molar-refractivity contribution in [3.63, 3.8) is 0 Å². The summed E-state index contributed by atoms with van der Waals surface area (Å²) in [7, 11) is 0. The van der Waals surface area contributed by atoms with Gasteiger partial charge in [0.2, 0.25) is 0 Å². The summed E-state index contributed by atoms with van der Waals surface area (Å²) in [5, 5.41) is 0. The molecule has 1 aliphatic heterocycles. The molecule has 0 spiro atoms. The number of hydrogen-bond donors (Lipinski definition) is 0. The number of para-hydroxylation sites is 2. The second kappa shape index (κ2) is 5.51. The monoisotopic (exact) mass is 308 g/mol. The molecule has 1 aliphatic rings. The van der Waals surface area contributed by atoms with Gasteiger partial charge in [0, 0.05) is 9.79 Å². The molecule has 0 unspecified atom stereocenters. The SMILES string of the molecule is c1ccc2c(c1)Oc1ccccc1Sc1ccccc1S2. The highest BCUT2D eigenvalue weighted by Gasteiger charge is 2.15. The van der Waals surface area contributed by atoms with E-state index in [9.17, 15) is 0 Å². The largest absolute Gasteiger partial charge is 0.455 e. The van der Waals surface area contributed by atoms with Crippen LogP contribution in [0.25, 0.3) is 0 Å². The van der Waals surface area contributed by atoms with E-state index in [1.807, 2.05) is 24.3 Å². The summed E-state index contributed by atoms with van der Waals surface area (Å²) in [6.07, 6.45) is 0. The zero-order chi connectivity index (χ0) is 14.1. The van der Waals surface area contributed by atoms with Crippen molar-refractivity contribution in [2.24, 2.45) is 0 Å². The van der Waals surface area contributed by atoms with Crippen LogP contribution in [0.1, 0.15) is 0 Å². The molecule has 0 fully saturated rings. The van der Waals surface area contributed by atoms with Gasteiger partial charge < -0.3 is 4.74 Å². The van der Waals surface area contributed by atoms with Gasteiger partial charge in [-0.3, -0.25) is 0 Å². The Morgan fingerprint density at radius 2 is 0.857 bits per heavy atom. The fourth-order valence-electron chi connectivity index (χ4n) is 2.21. The van der Waals surface area contributed by atoms with Crippen LogP contribution in [0.2, 0.25) is 0 Å². The Bertz CT molecular complexity index is 627. The van der Waals surface area contributed by atoms with E-state index in [0.29, 0.717) is 0 Å². The smallest absolute Gasteiger partial charge is 0.141 e. The molecule has 102 valence electrons. The molecule has 0 aromatic heterocycles. The lowest BCUT2D eigenvalue weighted by atomic mass is 10.3. The Kier molecular flexibility index (Phi) is 3.37. The molecule has 0 amide bonds. The predicted octanol–water partition coefficient (Wildman–Crippen LogP) is 6.09. The van der Waals surface area contributed by atoms with Crippen molar-refractivity contribution in [3.05, 3.63) is 72.8 Å². The topological polar surface area (TPSA) is 9.23 Å². The molecule has 1 heterocycles. The third kappa shape index (κ3) is 2.55. The summed E-state index contributed by atoms with van der Waals surface area (Å²) in [5.74, 6) is 1.82. The maximum Gasteiger partial charge on any atom is 0.141 e. The standard InChI is InChI=1S/C18H12OS2/c1-3-9-15-13(7-1)19-14-8-2-4-10-16(14)21-18-12-6-5-11-17(18)20-15/h1-12H. The van der Waals surface area contributed by atoms with Crippen LogP contribution in [0.3, 0.4) is 0 Å². The Morgan fingerprint density at radius 1 is 0.476 bits per heavy atom. The van der Waals surface area contributed by atoms with Crippen LogP contribution >= 0.6 is 23.5 Å². The normalized spacial score (nSPS) is 12.8. The molecule has 21 heavy (non-hydrogen) atoms. The number of ether oxygens (including phenoxy) is 1. The summed E-state index contributed by atoms with van der Waals surface area (Å²) in [5.41, 5.74) is 0. The lowest BCUT2D eigenvalue weighted by molar-refractivity contribution is 0.460. The zero-order valence-electron chi connectivity index (χ0n) is 11.2. The Morgan fingerprint density at radius 3 is 1.33 bits per heavy atom. The first-order chi connectivity index (χ1) is 10.4. The van der Waals surface area contributed by atoms with Crippen LogP contribution in [-0.2, 0) is 0 Å². The highest BCUT2D eigenvalue weighted by molar-refractivity contribution is 8.02. The fourth-order valence-corrected chi connectivity index (χ4v) is 4.28. The highest BCUT2D eigenvalue weighted by Crippen LogP contribution is 2.47. The average molecular weight is 308 g/mol. The number of rotatable bonds is 0. The maximum absolute atomic E-state index is 6.15. The van der Waals surface area contributed by atoms with Crippen LogP contribution in [-0.4, -0.2) is 0 Å². The second-order valence-electron chi connectivity index (χ2n) is 4.65. The van der Waals surface area contributed by atoms with Crippen molar-refractivity contribution >= 4 is 23.5 Å². The van der Waals surface area contributed by atoms with Gasteiger partial charge in [0.25, 0.3) is 0 Å². The summed E-state index contributed by atoms with van der Waals surface area (Å²) in [6.45, 7) is 0. The van der Waals surface area contributed by atoms with Crippen molar-refractivity contribution < 1.29 is 4.74 Å². The van der Waals surface area contributed by atoms with Gasteiger partial charge in [0.05, 0.1) is 9.79 Å². The van der Waals surface area contributed by atoms with Crippen molar-refractivity contribution in [2.75, 3.05) is 0 Å². The quantitative estimate of drug-likeness (QED) is 0.389.